The van der Waals surface area contributed by atoms with Crippen molar-refractivity contribution in [3.05, 3.63) is 0 Å². The molecule has 182 valence electrons. The van der Waals surface area contributed by atoms with E-state index in [9.17, 15) is 14.4 Å². The maximum Gasteiger partial charge on any atom is 0.323 e. The largest absolute Gasteiger partial charge is 0.480 e. The normalized spacial score (nSPS) is 10.9. The summed E-state index contributed by atoms with van der Waals surface area (Å²) in [4.78, 5) is 36.9. The van der Waals surface area contributed by atoms with Crippen LogP contribution in [0, 0.1) is 0 Å². The zero-order valence-electron chi connectivity index (χ0n) is 20.5. The van der Waals surface area contributed by atoms with Crippen molar-refractivity contribution >= 4 is 17.8 Å². The highest BCUT2D eigenvalue weighted by Gasteiger charge is 2.22. The molecule has 0 fully saturated rings. The summed E-state index contributed by atoms with van der Waals surface area (Å²) in [5.74, 6) is -1.78. The maximum atomic E-state index is 12.4. The Balaban J connectivity index is 3.98. The molecule has 0 aliphatic rings. The highest BCUT2D eigenvalue weighted by Crippen LogP contribution is 2.14. The van der Waals surface area contributed by atoms with Crippen LogP contribution < -0.4 is 0 Å². The van der Waals surface area contributed by atoms with E-state index in [0.29, 0.717) is 0 Å². The lowest BCUT2D eigenvalue weighted by Gasteiger charge is -2.19. The number of carboxylic acids is 1. The summed E-state index contributed by atoms with van der Waals surface area (Å²) in [6.07, 6.45) is 21.3. The molecule has 0 spiro atoms. The van der Waals surface area contributed by atoms with E-state index in [0.717, 1.165) is 43.4 Å². The molecule has 0 heterocycles. The summed E-state index contributed by atoms with van der Waals surface area (Å²) < 4.78 is 0. The van der Waals surface area contributed by atoms with E-state index in [2.05, 4.69) is 13.8 Å². The fourth-order valence-corrected chi connectivity index (χ4v) is 3.89. The average Bonchev–Trinajstić information content (AvgIpc) is 2.74. The third kappa shape index (κ3) is 19.1. The van der Waals surface area contributed by atoms with Gasteiger partial charge in [0, 0.05) is 12.8 Å². The SMILES string of the molecule is CCCCCCCCCCCC(=O)N(CC(=O)O)C(=O)CCCCCCCCCCC. The summed E-state index contributed by atoms with van der Waals surface area (Å²) in [5.41, 5.74) is 0. The standard InChI is InChI=1S/C26H49NO4/c1-3-5-7-9-11-13-15-17-19-21-24(28)27(23-26(30)31)25(29)22-20-18-16-14-12-10-8-6-4-2/h3-23H2,1-2H3,(H,30,31). The summed E-state index contributed by atoms with van der Waals surface area (Å²) in [6, 6.07) is 0. The van der Waals surface area contributed by atoms with Crippen LogP contribution in [-0.2, 0) is 14.4 Å². The number of imide groups is 1. The molecule has 0 aromatic carbocycles. The fraction of sp³-hybridized carbons (Fsp3) is 0.885. The number of carbonyl (C=O) groups excluding carboxylic acids is 2. The Morgan fingerprint density at radius 1 is 0.516 bits per heavy atom. The molecule has 0 bridgehead atoms. The number of nitrogens with zero attached hydrogens (tertiary/aromatic N) is 1. The Bertz CT molecular complexity index is 430. The topological polar surface area (TPSA) is 74.7 Å². The molecule has 0 aromatic rings. The molecule has 0 unspecified atom stereocenters. The van der Waals surface area contributed by atoms with Crippen molar-refractivity contribution in [2.24, 2.45) is 0 Å². The first-order valence-electron chi connectivity index (χ1n) is 13.1. The van der Waals surface area contributed by atoms with Crippen molar-refractivity contribution in [1.29, 1.82) is 0 Å². The van der Waals surface area contributed by atoms with Gasteiger partial charge in [-0.1, -0.05) is 117 Å². The van der Waals surface area contributed by atoms with Gasteiger partial charge in [-0.3, -0.25) is 19.3 Å². The van der Waals surface area contributed by atoms with Crippen LogP contribution in [-0.4, -0.2) is 34.3 Å². The van der Waals surface area contributed by atoms with Crippen molar-refractivity contribution in [3.8, 4) is 0 Å². The van der Waals surface area contributed by atoms with Crippen LogP contribution in [0.5, 0.6) is 0 Å². The minimum atomic E-state index is -1.12. The number of unbranched alkanes of at least 4 members (excludes halogenated alkanes) is 16. The third-order valence-electron chi connectivity index (χ3n) is 5.88. The van der Waals surface area contributed by atoms with E-state index in [4.69, 9.17) is 5.11 Å². The van der Waals surface area contributed by atoms with Gasteiger partial charge in [0.15, 0.2) is 0 Å². The molecule has 2 amide bonds. The van der Waals surface area contributed by atoms with Gasteiger partial charge in [0.25, 0.3) is 0 Å². The lowest BCUT2D eigenvalue weighted by Crippen LogP contribution is -2.40. The van der Waals surface area contributed by atoms with Crippen molar-refractivity contribution in [1.82, 2.24) is 4.90 Å². The molecule has 0 rings (SSSR count). The van der Waals surface area contributed by atoms with E-state index in [1.54, 1.807) is 0 Å². The van der Waals surface area contributed by atoms with E-state index < -0.39 is 12.5 Å². The molecular weight excluding hydrogens is 390 g/mol. The molecule has 0 saturated carbocycles. The Morgan fingerprint density at radius 2 is 0.806 bits per heavy atom. The van der Waals surface area contributed by atoms with Crippen LogP contribution in [0.3, 0.4) is 0 Å². The number of aliphatic carboxylic acids is 1. The van der Waals surface area contributed by atoms with Gasteiger partial charge in [-0.25, -0.2) is 0 Å². The molecule has 0 aliphatic carbocycles. The second-order valence-electron chi connectivity index (χ2n) is 8.92. The molecule has 5 nitrogen and oxygen atoms in total. The van der Waals surface area contributed by atoms with E-state index >= 15 is 0 Å². The van der Waals surface area contributed by atoms with Crippen LogP contribution in [0.15, 0.2) is 0 Å². The Morgan fingerprint density at radius 3 is 1.10 bits per heavy atom. The van der Waals surface area contributed by atoms with Crippen LogP contribution in [0.2, 0.25) is 0 Å². The molecular formula is C26H49NO4. The maximum absolute atomic E-state index is 12.4. The highest BCUT2D eigenvalue weighted by molar-refractivity contribution is 5.97. The van der Waals surface area contributed by atoms with Gasteiger partial charge in [0.05, 0.1) is 0 Å². The Hall–Kier alpha value is -1.39. The molecule has 0 radical (unpaired) electrons. The third-order valence-corrected chi connectivity index (χ3v) is 5.88. The first-order valence-corrected chi connectivity index (χ1v) is 13.1. The molecule has 1 N–H and O–H groups in total. The number of hydrogen-bond donors (Lipinski definition) is 1. The molecule has 0 saturated heterocycles. The van der Waals surface area contributed by atoms with Gasteiger partial charge in [-0.2, -0.15) is 0 Å². The Kier molecular flexibility index (Phi) is 20.8. The minimum Gasteiger partial charge on any atom is -0.480 e. The quantitative estimate of drug-likeness (QED) is 0.180. The van der Waals surface area contributed by atoms with Crippen LogP contribution in [0.1, 0.15) is 142 Å². The van der Waals surface area contributed by atoms with Gasteiger partial charge < -0.3 is 5.11 Å². The van der Waals surface area contributed by atoms with Gasteiger partial charge in [0.2, 0.25) is 11.8 Å². The molecule has 31 heavy (non-hydrogen) atoms. The number of rotatable bonds is 22. The van der Waals surface area contributed by atoms with Crippen LogP contribution in [0.4, 0.5) is 0 Å². The van der Waals surface area contributed by atoms with Crippen LogP contribution >= 0.6 is 0 Å². The second kappa shape index (κ2) is 21.8. The van der Waals surface area contributed by atoms with E-state index in [-0.39, 0.29) is 24.7 Å². The van der Waals surface area contributed by atoms with Crippen molar-refractivity contribution < 1.29 is 19.5 Å². The molecule has 0 aliphatic heterocycles. The zero-order valence-corrected chi connectivity index (χ0v) is 20.5. The first kappa shape index (κ1) is 29.6. The predicted molar refractivity (Wildman–Crippen MR) is 128 cm³/mol. The molecule has 0 aromatic heterocycles. The van der Waals surface area contributed by atoms with Crippen LogP contribution in [0.25, 0.3) is 0 Å². The smallest absolute Gasteiger partial charge is 0.323 e. The summed E-state index contributed by atoms with van der Waals surface area (Å²) in [5, 5.41) is 9.10. The van der Waals surface area contributed by atoms with Crippen molar-refractivity contribution in [2.45, 2.75) is 142 Å². The number of amides is 2. The van der Waals surface area contributed by atoms with E-state index in [1.165, 1.54) is 77.0 Å². The molecule has 5 heteroatoms. The lowest BCUT2D eigenvalue weighted by atomic mass is 10.1. The number of carbonyl (C=O) groups is 3. The number of hydrogen-bond acceptors (Lipinski definition) is 3. The minimum absolute atomic E-state index is 0.270. The Labute approximate surface area is 191 Å². The van der Waals surface area contributed by atoms with Gasteiger partial charge in [0.1, 0.15) is 6.54 Å². The zero-order chi connectivity index (χ0) is 23.2. The summed E-state index contributed by atoms with van der Waals surface area (Å²) in [7, 11) is 0. The van der Waals surface area contributed by atoms with Crippen molar-refractivity contribution in [2.75, 3.05) is 6.54 Å². The number of carboxylic acid groups (broad SMARTS) is 1. The van der Waals surface area contributed by atoms with Gasteiger partial charge in [-0.15, -0.1) is 0 Å². The fourth-order valence-electron chi connectivity index (χ4n) is 3.89. The molecule has 0 atom stereocenters. The second-order valence-corrected chi connectivity index (χ2v) is 8.92. The summed E-state index contributed by atoms with van der Waals surface area (Å²) >= 11 is 0. The monoisotopic (exact) mass is 439 g/mol. The lowest BCUT2D eigenvalue weighted by molar-refractivity contribution is -0.152. The summed E-state index contributed by atoms with van der Waals surface area (Å²) in [6.45, 7) is 3.92. The van der Waals surface area contributed by atoms with Crippen molar-refractivity contribution in [3.63, 3.8) is 0 Å². The van der Waals surface area contributed by atoms with Gasteiger partial charge >= 0.3 is 5.97 Å². The average molecular weight is 440 g/mol. The highest BCUT2D eigenvalue weighted by atomic mass is 16.4. The predicted octanol–water partition coefficient (Wildman–Crippen LogP) is 7.27. The first-order chi connectivity index (χ1) is 15.0. The van der Waals surface area contributed by atoms with E-state index in [1.807, 2.05) is 0 Å². The van der Waals surface area contributed by atoms with Gasteiger partial charge in [-0.05, 0) is 12.8 Å².